The van der Waals surface area contributed by atoms with Gasteiger partial charge in [0.25, 0.3) is 0 Å². The van der Waals surface area contributed by atoms with Crippen molar-refractivity contribution >= 4 is 44.9 Å². The molecular weight excluding hydrogens is 427 g/mol. The molecule has 2 rings (SSSR count). The molecule has 1 aliphatic heterocycles. The fourth-order valence-corrected chi connectivity index (χ4v) is 4.10. The van der Waals surface area contributed by atoms with E-state index in [0.29, 0.717) is 0 Å². The second kappa shape index (κ2) is 6.86. The van der Waals surface area contributed by atoms with Crippen LogP contribution in [0.4, 0.5) is 0 Å². The molecule has 0 radical (unpaired) electrons. The molecule has 0 aromatic heterocycles. The summed E-state index contributed by atoms with van der Waals surface area (Å²) in [6, 6.07) is 5.81. The van der Waals surface area contributed by atoms with Crippen molar-refractivity contribution in [2.24, 2.45) is 0 Å². The van der Waals surface area contributed by atoms with E-state index in [-0.39, 0.29) is 18.2 Å². The van der Waals surface area contributed by atoms with Crippen molar-refractivity contribution < 1.29 is 18.8 Å². The van der Waals surface area contributed by atoms with E-state index in [1.807, 2.05) is 45.9 Å². The minimum absolute atomic E-state index is 0.175. The Kier molecular flexibility index (Phi) is 5.66. The average Bonchev–Trinajstić information content (AvgIpc) is 2.65. The number of benzene rings is 1. The molecule has 0 aliphatic carbocycles. The van der Waals surface area contributed by atoms with Gasteiger partial charge >= 0.3 is 13.1 Å². The quantitative estimate of drug-likeness (QED) is 0.504. The van der Waals surface area contributed by atoms with E-state index in [2.05, 4.69) is 31.9 Å². The Labute approximate surface area is 154 Å². The van der Waals surface area contributed by atoms with Gasteiger partial charge in [-0.3, -0.25) is 4.79 Å². The zero-order valence-electron chi connectivity index (χ0n) is 14.0. The number of ether oxygens (including phenoxy) is 1. The normalized spacial score (nSPS) is 20.4. The van der Waals surface area contributed by atoms with Crippen LogP contribution in [0.1, 0.15) is 45.5 Å². The van der Waals surface area contributed by atoms with Crippen LogP contribution >= 0.6 is 31.9 Å². The van der Waals surface area contributed by atoms with E-state index in [4.69, 9.17) is 14.0 Å². The van der Waals surface area contributed by atoms with Gasteiger partial charge < -0.3 is 14.0 Å². The number of rotatable bonds is 4. The third-order valence-corrected chi connectivity index (χ3v) is 5.97. The van der Waals surface area contributed by atoms with Crippen LogP contribution in [-0.2, 0) is 18.8 Å². The first-order chi connectivity index (χ1) is 10.6. The predicted octanol–water partition coefficient (Wildman–Crippen LogP) is 4.49. The van der Waals surface area contributed by atoms with Gasteiger partial charge in [-0.25, -0.2) is 0 Å². The van der Waals surface area contributed by atoms with Crippen molar-refractivity contribution in [1.29, 1.82) is 0 Å². The maximum atomic E-state index is 11.9. The molecule has 0 bridgehead atoms. The van der Waals surface area contributed by atoms with Crippen LogP contribution in [0.3, 0.4) is 0 Å². The summed E-state index contributed by atoms with van der Waals surface area (Å²) < 4.78 is 19.0. The molecule has 1 aromatic rings. The molecule has 1 unspecified atom stereocenters. The monoisotopic (exact) mass is 446 g/mol. The van der Waals surface area contributed by atoms with Gasteiger partial charge in [0.2, 0.25) is 0 Å². The highest BCUT2D eigenvalue weighted by molar-refractivity contribution is 9.11. The fraction of sp³-hybridized carbons (Fsp3) is 0.562. The van der Waals surface area contributed by atoms with Crippen molar-refractivity contribution in [3.05, 3.63) is 32.7 Å². The maximum Gasteiger partial charge on any atom is 0.466 e. The minimum atomic E-state index is -0.533. The predicted molar refractivity (Wildman–Crippen MR) is 97.3 cm³/mol. The molecule has 1 atom stereocenters. The van der Waals surface area contributed by atoms with Crippen molar-refractivity contribution in [3.63, 3.8) is 0 Å². The zero-order valence-corrected chi connectivity index (χ0v) is 17.2. The first-order valence-corrected chi connectivity index (χ1v) is 9.04. The Morgan fingerprint density at radius 1 is 1.17 bits per heavy atom. The van der Waals surface area contributed by atoms with Crippen molar-refractivity contribution in [3.8, 4) is 0 Å². The summed E-state index contributed by atoms with van der Waals surface area (Å²) in [5.74, 6) is -0.583. The summed E-state index contributed by atoms with van der Waals surface area (Å²) in [5.41, 5.74) is 0.0240. The van der Waals surface area contributed by atoms with Crippen LogP contribution in [0.25, 0.3) is 0 Å². The van der Waals surface area contributed by atoms with E-state index < -0.39 is 18.3 Å². The van der Waals surface area contributed by atoms with Crippen LogP contribution in [0.15, 0.2) is 27.1 Å². The Morgan fingerprint density at radius 3 is 2.09 bits per heavy atom. The number of carbonyl (C=O) groups is 1. The smallest absolute Gasteiger partial charge is 0.466 e. The number of hydrogen-bond acceptors (Lipinski definition) is 4. The summed E-state index contributed by atoms with van der Waals surface area (Å²) in [7, 11) is 0.854. The summed E-state index contributed by atoms with van der Waals surface area (Å²) in [6.45, 7) is 7.99. The van der Waals surface area contributed by atoms with Crippen LogP contribution in [0.5, 0.6) is 0 Å². The molecule has 1 aliphatic rings. The molecule has 1 fully saturated rings. The molecule has 23 heavy (non-hydrogen) atoms. The summed E-state index contributed by atoms with van der Waals surface area (Å²) in [5, 5.41) is 0. The molecule has 0 saturated carbocycles. The van der Waals surface area contributed by atoms with Gasteiger partial charge in [-0.1, -0.05) is 37.9 Å². The van der Waals surface area contributed by atoms with E-state index in [1.165, 1.54) is 7.11 Å². The van der Waals surface area contributed by atoms with Gasteiger partial charge in [-0.15, -0.1) is 0 Å². The van der Waals surface area contributed by atoms with Crippen molar-refractivity contribution in [1.82, 2.24) is 0 Å². The third kappa shape index (κ3) is 3.84. The molecule has 7 heteroatoms. The first-order valence-electron chi connectivity index (χ1n) is 7.45. The average molecular weight is 448 g/mol. The van der Waals surface area contributed by atoms with Crippen LogP contribution in [0.2, 0.25) is 0 Å². The lowest BCUT2D eigenvalue weighted by molar-refractivity contribution is -0.140. The van der Waals surface area contributed by atoms with Crippen LogP contribution in [-0.4, -0.2) is 31.4 Å². The van der Waals surface area contributed by atoms with Gasteiger partial charge in [0.1, 0.15) is 0 Å². The van der Waals surface area contributed by atoms with Crippen molar-refractivity contribution in [2.75, 3.05) is 7.11 Å². The summed E-state index contributed by atoms with van der Waals surface area (Å²) in [6.07, 6.45) is 0.175. The number of methoxy groups -OCH3 is 1. The van der Waals surface area contributed by atoms with Crippen molar-refractivity contribution in [2.45, 2.75) is 51.1 Å². The van der Waals surface area contributed by atoms with Gasteiger partial charge in [0, 0.05) is 14.8 Å². The summed E-state index contributed by atoms with van der Waals surface area (Å²) >= 11 is 7.14. The molecule has 1 aromatic carbocycles. The Bertz CT molecular complexity index is 567. The Morgan fingerprint density at radius 2 is 1.65 bits per heavy atom. The Balaban J connectivity index is 2.42. The molecule has 0 N–H and O–H groups in total. The van der Waals surface area contributed by atoms with E-state index in [0.717, 1.165) is 14.5 Å². The molecule has 0 spiro atoms. The SMILES string of the molecule is COC(=O)CC(B1OC(C)(C)C(C)(C)O1)c1c(Br)cccc1Br. The molecular formula is C16H21BBr2O4. The highest BCUT2D eigenvalue weighted by Gasteiger charge is 2.54. The third-order valence-electron chi connectivity index (χ3n) is 4.58. The fourth-order valence-electron chi connectivity index (χ4n) is 2.52. The Hall–Kier alpha value is -0.365. The molecule has 4 nitrogen and oxygen atoms in total. The van der Waals surface area contributed by atoms with Gasteiger partial charge in [-0.05, 0) is 45.4 Å². The topological polar surface area (TPSA) is 44.8 Å². The first kappa shape index (κ1) is 19.0. The standard InChI is InChI=1S/C16H21BBr2O4/c1-15(2)16(3,4)23-17(22-15)10(9-13(20)21-5)14-11(18)7-6-8-12(14)19/h6-8,10H,9H2,1-5H3. The largest absolute Gasteiger partial charge is 0.469 e. The lowest BCUT2D eigenvalue weighted by Gasteiger charge is -2.32. The van der Waals surface area contributed by atoms with Crippen LogP contribution < -0.4 is 0 Å². The molecule has 126 valence electrons. The lowest BCUT2D eigenvalue weighted by atomic mass is 9.66. The highest BCUT2D eigenvalue weighted by atomic mass is 79.9. The van der Waals surface area contributed by atoms with Gasteiger partial charge in [0.15, 0.2) is 0 Å². The highest BCUT2D eigenvalue weighted by Crippen LogP contribution is 2.44. The summed E-state index contributed by atoms with van der Waals surface area (Å²) in [4.78, 5) is 11.9. The molecule has 1 saturated heterocycles. The van der Waals surface area contributed by atoms with E-state index in [1.54, 1.807) is 0 Å². The second-order valence-electron chi connectivity index (χ2n) is 6.65. The number of halogens is 2. The minimum Gasteiger partial charge on any atom is -0.469 e. The molecule has 1 heterocycles. The number of carbonyl (C=O) groups excluding carboxylic acids is 1. The van der Waals surface area contributed by atoms with Crippen LogP contribution in [0, 0.1) is 0 Å². The zero-order chi connectivity index (χ0) is 17.4. The number of hydrogen-bond donors (Lipinski definition) is 0. The number of esters is 1. The van der Waals surface area contributed by atoms with E-state index >= 15 is 0 Å². The maximum absolute atomic E-state index is 11.9. The second-order valence-corrected chi connectivity index (χ2v) is 8.36. The van der Waals surface area contributed by atoms with Gasteiger partial charge in [0.05, 0.1) is 24.7 Å². The molecule has 0 amide bonds. The lowest BCUT2D eigenvalue weighted by Crippen LogP contribution is -2.41. The van der Waals surface area contributed by atoms with E-state index in [9.17, 15) is 4.79 Å². The van der Waals surface area contributed by atoms with Gasteiger partial charge in [-0.2, -0.15) is 0 Å².